The normalized spacial score (nSPS) is 11.1. The Balaban J connectivity index is 2.07. The van der Waals surface area contributed by atoms with E-state index in [1.54, 1.807) is 19.4 Å². The number of nitrogens with zero attached hydrogens (tertiary/aromatic N) is 2. The van der Waals surface area contributed by atoms with E-state index in [0.29, 0.717) is 11.6 Å². The molecule has 22 heavy (non-hydrogen) atoms. The van der Waals surface area contributed by atoms with Crippen molar-refractivity contribution in [1.82, 2.24) is 9.97 Å². The monoisotopic (exact) mass is 294 g/mol. The predicted octanol–water partition coefficient (Wildman–Crippen LogP) is 4.13. The molecule has 0 unspecified atom stereocenters. The number of rotatable bonds is 3. The number of hydrogen-bond acceptors (Lipinski definition) is 4. The molecule has 4 nitrogen and oxygen atoms in total. The van der Waals surface area contributed by atoms with E-state index in [4.69, 9.17) is 4.74 Å². The van der Waals surface area contributed by atoms with Gasteiger partial charge < -0.3 is 9.84 Å². The van der Waals surface area contributed by atoms with Gasteiger partial charge in [0.15, 0.2) is 0 Å². The lowest BCUT2D eigenvalue weighted by Gasteiger charge is -2.10. The van der Waals surface area contributed by atoms with Crippen LogP contribution in [0.25, 0.3) is 22.0 Å². The maximum atomic E-state index is 10.1. The predicted molar refractivity (Wildman–Crippen MR) is 87.3 cm³/mol. The molecule has 0 radical (unpaired) electrons. The second-order valence-electron chi connectivity index (χ2n) is 5.54. The Kier molecular flexibility index (Phi) is 3.67. The van der Waals surface area contributed by atoms with Crippen molar-refractivity contribution in [3.63, 3.8) is 0 Å². The van der Waals surface area contributed by atoms with Crippen LogP contribution in [-0.4, -0.2) is 22.2 Å². The summed E-state index contributed by atoms with van der Waals surface area (Å²) in [5, 5.41) is 11.2. The van der Waals surface area contributed by atoms with Crippen LogP contribution in [0.5, 0.6) is 11.6 Å². The second kappa shape index (κ2) is 5.64. The number of fused-ring (bicyclic) bond motifs is 1. The maximum absolute atomic E-state index is 10.1. The minimum absolute atomic E-state index is 0.191. The van der Waals surface area contributed by atoms with Gasteiger partial charge in [0.05, 0.1) is 18.3 Å². The summed E-state index contributed by atoms with van der Waals surface area (Å²) in [7, 11) is 1.60. The number of benzene rings is 1. The smallest absolute Gasteiger partial charge is 0.213 e. The zero-order valence-corrected chi connectivity index (χ0v) is 12.9. The van der Waals surface area contributed by atoms with Crippen molar-refractivity contribution < 1.29 is 9.84 Å². The molecule has 0 spiro atoms. The molecule has 0 bridgehead atoms. The fourth-order valence-corrected chi connectivity index (χ4v) is 2.46. The molecule has 0 aliphatic rings. The third-order valence-electron chi connectivity index (χ3n) is 3.65. The molecule has 1 aromatic carbocycles. The van der Waals surface area contributed by atoms with Crippen molar-refractivity contribution in [3.05, 3.63) is 48.3 Å². The van der Waals surface area contributed by atoms with Gasteiger partial charge in [0, 0.05) is 23.2 Å². The second-order valence-corrected chi connectivity index (χ2v) is 5.54. The molecule has 1 N–H and O–H groups in total. The standard InChI is InChI=1S/C18H18N2O2/c1-11(2)18-16(21)9-14(10-19-18)13-5-4-12-6-7-17(22-3)20-15(12)8-13/h4-11,21H,1-3H3. The van der Waals surface area contributed by atoms with Crippen molar-refractivity contribution >= 4 is 10.9 Å². The molecule has 0 saturated carbocycles. The zero-order chi connectivity index (χ0) is 15.7. The molecule has 0 aliphatic heterocycles. The highest BCUT2D eigenvalue weighted by Gasteiger charge is 2.10. The fourth-order valence-electron chi connectivity index (χ4n) is 2.46. The molecular formula is C18H18N2O2. The van der Waals surface area contributed by atoms with Gasteiger partial charge in [0.25, 0.3) is 0 Å². The van der Waals surface area contributed by atoms with Crippen LogP contribution < -0.4 is 4.74 Å². The van der Waals surface area contributed by atoms with Crippen LogP contribution in [0.2, 0.25) is 0 Å². The molecule has 2 aromatic heterocycles. The molecule has 112 valence electrons. The van der Waals surface area contributed by atoms with Crippen molar-refractivity contribution in [1.29, 1.82) is 0 Å². The highest BCUT2D eigenvalue weighted by atomic mass is 16.5. The first kappa shape index (κ1) is 14.3. The van der Waals surface area contributed by atoms with Crippen LogP contribution in [0.3, 0.4) is 0 Å². The topological polar surface area (TPSA) is 55.2 Å². The molecule has 0 atom stereocenters. The Hall–Kier alpha value is -2.62. The van der Waals surface area contributed by atoms with E-state index in [-0.39, 0.29) is 11.7 Å². The number of ether oxygens (including phenoxy) is 1. The fraction of sp³-hybridized carbons (Fsp3) is 0.222. The van der Waals surface area contributed by atoms with E-state index in [9.17, 15) is 5.11 Å². The van der Waals surface area contributed by atoms with Crippen LogP contribution in [0.4, 0.5) is 0 Å². The summed E-state index contributed by atoms with van der Waals surface area (Å²) in [6.45, 7) is 4.02. The maximum Gasteiger partial charge on any atom is 0.213 e. The van der Waals surface area contributed by atoms with Crippen LogP contribution in [0.1, 0.15) is 25.5 Å². The Labute approximate surface area is 129 Å². The molecule has 2 heterocycles. The summed E-state index contributed by atoms with van der Waals surface area (Å²) < 4.78 is 5.17. The molecule has 0 amide bonds. The Morgan fingerprint density at radius 3 is 2.50 bits per heavy atom. The Morgan fingerprint density at radius 2 is 1.82 bits per heavy atom. The van der Waals surface area contributed by atoms with E-state index in [0.717, 1.165) is 22.0 Å². The summed E-state index contributed by atoms with van der Waals surface area (Å²) in [6, 6.07) is 11.6. The lowest BCUT2D eigenvalue weighted by atomic mass is 10.0. The first-order chi connectivity index (χ1) is 10.6. The molecule has 3 rings (SSSR count). The van der Waals surface area contributed by atoms with Gasteiger partial charge in [-0.15, -0.1) is 0 Å². The van der Waals surface area contributed by atoms with Crippen molar-refractivity contribution in [2.75, 3.05) is 7.11 Å². The molecule has 3 aromatic rings. The number of pyridine rings is 2. The average molecular weight is 294 g/mol. The van der Waals surface area contributed by atoms with Crippen LogP contribution >= 0.6 is 0 Å². The molecule has 0 saturated heterocycles. The molecule has 0 fully saturated rings. The lowest BCUT2D eigenvalue weighted by Crippen LogP contribution is -1.94. The molecule has 4 heteroatoms. The lowest BCUT2D eigenvalue weighted by molar-refractivity contribution is 0.399. The summed E-state index contributed by atoms with van der Waals surface area (Å²) in [5.74, 6) is 1.00. The Morgan fingerprint density at radius 1 is 1.05 bits per heavy atom. The largest absolute Gasteiger partial charge is 0.506 e. The van der Waals surface area contributed by atoms with Gasteiger partial charge in [-0.25, -0.2) is 4.98 Å². The van der Waals surface area contributed by atoms with E-state index < -0.39 is 0 Å². The quantitative estimate of drug-likeness (QED) is 0.789. The van der Waals surface area contributed by atoms with E-state index in [2.05, 4.69) is 9.97 Å². The van der Waals surface area contributed by atoms with Gasteiger partial charge in [-0.3, -0.25) is 4.98 Å². The summed E-state index contributed by atoms with van der Waals surface area (Å²) in [5.41, 5.74) is 3.40. The number of aromatic nitrogens is 2. The highest BCUT2D eigenvalue weighted by Crippen LogP contribution is 2.30. The van der Waals surface area contributed by atoms with Gasteiger partial charge in [-0.2, -0.15) is 0 Å². The van der Waals surface area contributed by atoms with E-state index in [1.165, 1.54) is 0 Å². The van der Waals surface area contributed by atoms with Gasteiger partial charge >= 0.3 is 0 Å². The third-order valence-corrected chi connectivity index (χ3v) is 3.65. The number of methoxy groups -OCH3 is 1. The van der Waals surface area contributed by atoms with E-state index >= 15 is 0 Å². The minimum Gasteiger partial charge on any atom is -0.506 e. The van der Waals surface area contributed by atoms with Gasteiger partial charge in [-0.05, 0) is 29.7 Å². The van der Waals surface area contributed by atoms with E-state index in [1.807, 2.05) is 44.2 Å². The summed E-state index contributed by atoms with van der Waals surface area (Å²) >= 11 is 0. The van der Waals surface area contributed by atoms with Crippen LogP contribution in [-0.2, 0) is 0 Å². The first-order valence-corrected chi connectivity index (χ1v) is 7.22. The van der Waals surface area contributed by atoms with Crippen molar-refractivity contribution in [2.24, 2.45) is 0 Å². The zero-order valence-electron chi connectivity index (χ0n) is 12.9. The van der Waals surface area contributed by atoms with Gasteiger partial charge in [-0.1, -0.05) is 26.0 Å². The molecule has 0 aliphatic carbocycles. The molecular weight excluding hydrogens is 276 g/mol. The van der Waals surface area contributed by atoms with Gasteiger partial charge in [0.1, 0.15) is 5.75 Å². The van der Waals surface area contributed by atoms with Gasteiger partial charge in [0.2, 0.25) is 5.88 Å². The number of aromatic hydroxyl groups is 1. The minimum atomic E-state index is 0.191. The third kappa shape index (κ3) is 2.60. The Bertz CT molecular complexity index is 828. The summed E-state index contributed by atoms with van der Waals surface area (Å²) in [6.07, 6.45) is 1.79. The summed E-state index contributed by atoms with van der Waals surface area (Å²) in [4.78, 5) is 8.82. The van der Waals surface area contributed by atoms with Crippen molar-refractivity contribution in [3.8, 4) is 22.8 Å². The highest BCUT2D eigenvalue weighted by molar-refractivity contribution is 5.84. The average Bonchev–Trinajstić information content (AvgIpc) is 2.53. The first-order valence-electron chi connectivity index (χ1n) is 7.22. The van der Waals surface area contributed by atoms with Crippen molar-refractivity contribution in [2.45, 2.75) is 19.8 Å². The van der Waals surface area contributed by atoms with Crippen LogP contribution in [0, 0.1) is 0 Å². The van der Waals surface area contributed by atoms with Crippen LogP contribution in [0.15, 0.2) is 42.6 Å². The number of hydrogen-bond donors (Lipinski definition) is 1. The SMILES string of the molecule is COc1ccc2ccc(-c3cnc(C(C)C)c(O)c3)cc2n1.